The lowest BCUT2D eigenvalue weighted by Gasteiger charge is -2.32. The molecule has 5 rings (SSSR count). The molecule has 0 bridgehead atoms. The summed E-state index contributed by atoms with van der Waals surface area (Å²) in [6.45, 7) is 3.08. The van der Waals surface area contributed by atoms with Gasteiger partial charge in [0.15, 0.2) is 0 Å². The highest BCUT2D eigenvalue weighted by atomic mass is 16.5. The van der Waals surface area contributed by atoms with Gasteiger partial charge in [0, 0.05) is 24.8 Å². The Morgan fingerprint density at radius 3 is 2.29 bits per heavy atom. The number of anilines is 1. The molecule has 2 amide bonds. The van der Waals surface area contributed by atoms with E-state index in [1.807, 2.05) is 65.2 Å². The van der Waals surface area contributed by atoms with Crippen molar-refractivity contribution in [1.82, 2.24) is 14.7 Å². The highest BCUT2D eigenvalue weighted by Crippen LogP contribution is 2.26. The molecular formula is C30H30N4O4. The van der Waals surface area contributed by atoms with Crippen LogP contribution in [0.1, 0.15) is 47.6 Å². The van der Waals surface area contributed by atoms with E-state index in [0.717, 1.165) is 24.2 Å². The van der Waals surface area contributed by atoms with Crippen LogP contribution in [0.5, 0.6) is 17.2 Å². The van der Waals surface area contributed by atoms with E-state index >= 15 is 0 Å². The fourth-order valence-electron chi connectivity index (χ4n) is 4.57. The van der Waals surface area contributed by atoms with Gasteiger partial charge in [-0.05, 0) is 73.9 Å². The Hall–Kier alpha value is -4.59. The van der Waals surface area contributed by atoms with Crippen LogP contribution >= 0.6 is 0 Å². The largest absolute Gasteiger partial charge is 0.508 e. The quantitative estimate of drug-likeness (QED) is 0.337. The van der Waals surface area contributed by atoms with Crippen molar-refractivity contribution >= 4 is 17.5 Å². The molecule has 2 N–H and O–H groups in total. The first-order valence-electron chi connectivity index (χ1n) is 12.7. The minimum absolute atomic E-state index is 0.00588. The van der Waals surface area contributed by atoms with Crippen molar-refractivity contribution in [2.45, 2.75) is 31.7 Å². The standard InChI is InChI=1S/C30H30N4O4/c1-21(22-7-11-26(35)12-8-22)29(36)32-24-19-31-34(20-24)25-15-17-33(18-16-25)30(37)23-9-13-28(14-10-23)38-27-5-3-2-4-6-27/h2-14,19-21,25,35H,15-18H2,1H3,(H,32,36). The summed E-state index contributed by atoms with van der Waals surface area (Å²) in [5.41, 5.74) is 2.09. The number of phenols is 1. The van der Waals surface area contributed by atoms with E-state index < -0.39 is 0 Å². The Bertz CT molecular complexity index is 1380. The van der Waals surface area contributed by atoms with Gasteiger partial charge < -0.3 is 20.1 Å². The van der Waals surface area contributed by atoms with Gasteiger partial charge in [-0.15, -0.1) is 0 Å². The maximum Gasteiger partial charge on any atom is 0.253 e. The molecule has 1 fully saturated rings. The average molecular weight is 511 g/mol. The number of phenolic OH excluding ortho intramolecular Hbond substituents is 1. The number of carbonyl (C=O) groups excluding carboxylic acids is 2. The zero-order chi connectivity index (χ0) is 26.5. The van der Waals surface area contributed by atoms with Gasteiger partial charge in [-0.1, -0.05) is 30.3 Å². The summed E-state index contributed by atoms with van der Waals surface area (Å²) in [5.74, 6) is 1.10. The number of hydrogen-bond acceptors (Lipinski definition) is 5. The van der Waals surface area contributed by atoms with Crippen LogP contribution in [0.2, 0.25) is 0 Å². The molecule has 1 aliphatic heterocycles. The van der Waals surface area contributed by atoms with Gasteiger partial charge in [-0.25, -0.2) is 0 Å². The lowest BCUT2D eigenvalue weighted by atomic mass is 10.0. The van der Waals surface area contributed by atoms with Gasteiger partial charge in [0.05, 0.1) is 23.8 Å². The maximum absolute atomic E-state index is 13.0. The van der Waals surface area contributed by atoms with Gasteiger partial charge >= 0.3 is 0 Å². The Morgan fingerprint density at radius 1 is 0.947 bits per heavy atom. The molecule has 1 aliphatic rings. The Kier molecular flexibility index (Phi) is 7.40. The number of ether oxygens (including phenoxy) is 1. The van der Waals surface area contributed by atoms with Crippen LogP contribution in [0.3, 0.4) is 0 Å². The summed E-state index contributed by atoms with van der Waals surface area (Å²) >= 11 is 0. The van der Waals surface area contributed by atoms with Gasteiger partial charge in [-0.2, -0.15) is 5.10 Å². The molecule has 8 heteroatoms. The number of nitrogens with zero attached hydrogens (tertiary/aromatic N) is 3. The molecule has 1 unspecified atom stereocenters. The molecule has 38 heavy (non-hydrogen) atoms. The first kappa shape index (κ1) is 25.1. The summed E-state index contributed by atoms with van der Waals surface area (Å²) in [7, 11) is 0. The summed E-state index contributed by atoms with van der Waals surface area (Å²) in [4.78, 5) is 27.6. The second-order valence-corrected chi connectivity index (χ2v) is 9.47. The number of hydrogen-bond donors (Lipinski definition) is 2. The van der Waals surface area contributed by atoms with Gasteiger partial charge in [0.2, 0.25) is 5.91 Å². The van der Waals surface area contributed by atoms with Crippen molar-refractivity contribution < 1.29 is 19.4 Å². The number of para-hydroxylation sites is 1. The van der Waals surface area contributed by atoms with E-state index in [-0.39, 0.29) is 29.5 Å². The zero-order valence-corrected chi connectivity index (χ0v) is 21.2. The molecule has 1 saturated heterocycles. The Balaban J connectivity index is 1.12. The summed E-state index contributed by atoms with van der Waals surface area (Å²) < 4.78 is 7.69. The topological polar surface area (TPSA) is 96.7 Å². The van der Waals surface area contributed by atoms with Crippen LogP contribution in [0.25, 0.3) is 0 Å². The minimum Gasteiger partial charge on any atom is -0.508 e. The van der Waals surface area contributed by atoms with Crippen LogP contribution in [0, 0.1) is 0 Å². The third-order valence-corrected chi connectivity index (χ3v) is 6.86. The third-order valence-electron chi connectivity index (χ3n) is 6.86. The Labute approximate surface area is 221 Å². The number of likely N-dealkylation sites (tertiary alicyclic amines) is 1. The maximum atomic E-state index is 13.0. The van der Waals surface area contributed by atoms with E-state index in [1.54, 1.807) is 42.6 Å². The first-order chi connectivity index (χ1) is 18.5. The van der Waals surface area contributed by atoms with E-state index in [4.69, 9.17) is 4.74 Å². The molecule has 0 saturated carbocycles. The molecule has 194 valence electrons. The molecule has 3 aromatic carbocycles. The monoisotopic (exact) mass is 510 g/mol. The molecule has 1 aromatic heterocycles. The highest BCUT2D eigenvalue weighted by Gasteiger charge is 2.25. The molecule has 4 aromatic rings. The third kappa shape index (κ3) is 5.86. The van der Waals surface area contributed by atoms with E-state index in [0.29, 0.717) is 30.1 Å². The molecular weight excluding hydrogens is 480 g/mol. The van der Waals surface area contributed by atoms with Crippen molar-refractivity contribution in [3.8, 4) is 17.2 Å². The number of piperidine rings is 1. The van der Waals surface area contributed by atoms with Crippen molar-refractivity contribution in [2.75, 3.05) is 18.4 Å². The SMILES string of the molecule is CC(C(=O)Nc1cnn(C2CCN(C(=O)c3ccc(Oc4ccccc4)cc3)CC2)c1)c1ccc(O)cc1. The minimum atomic E-state index is -0.368. The second kappa shape index (κ2) is 11.2. The lowest BCUT2D eigenvalue weighted by Crippen LogP contribution is -2.39. The van der Waals surface area contributed by atoms with Gasteiger partial charge in [0.25, 0.3) is 5.91 Å². The van der Waals surface area contributed by atoms with E-state index in [1.165, 1.54) is 0 Å². The fraction of sp³-hybridized carbons (Fsp3) is 0.233. The summed E-state index contributed by atoms with van der Waals surface area (Å²) in [5, 5.41) is 16.8. The molecule has 0 spiro atoms. The van der Waals surface area contributed by atoms with Crippen LogP contribution in [-0.2, 0) is 4.79 Å². The molecule has 2 heterocycles. The summed E-state index contributed by atoms with van der Waals surface area (Å²) in [6.07, 6.45) is 5.05. The van der Waals surface area contributed by atoms with Crippen molar-refractivity contribution in [1.29, 1.82) is 0 Å². The summed E-state index contributed by atoms with van der Waals surface area (Å²) in [6, 6.07) is 23.5. The number of aromatic hydroxyl groups is 1. The number of amides is 2. The van der Waals surface area contributed by atoms with E-state index in [9.17, 15) is 14.7 Å². The van der Waals surface area contributed by atoms with Gasteiger partial charge in [-0.3, -0.25) is 14.3 Å². The first-order valence-corrected chi connectivity index (χ1v) is 12.7. The normalized spacial score (nSPS) is 14.6. The number of nitrogens with one attached hydrogen (secondary N) is 1. The zero-order valence-electron chi connectivity index (χ0n) is 21.2. The van der Waals surface area contributed by atoms with Crippen LogP contribution in [0.15, 0.2) is 91.3 Å². The fourth-order valence-corrected chi connectivity index (χ4v) is 4.57. The van der Waals surface area contributed by atoms with Crippen molar-refractivity contribution in [3.05, 3.63) is 102 Å². The highest BCUT2D eigenvalue weighted by molar-refractivity contribution is 5.95. The van der Waals surface area contributed by atoms with Crippen LogP contribution in [0.4, 0.5) is 5.69 Å². The number of carbonyl (C=O) groups is 2. The Morgan fingerprint density at radius 2 is 1.61 bits per heavy atom. The lowest BCUT2D eigenvalue weighted by molar-refractivity contribution is -0.117. The van der Waals surface area contributed by atoms with Crippen LogP contribution in [-0.4, -0.2) is 44.7 Å². The van der Waals surface area contributed by atoms with E-state index in [2.05, 4.69) is 10.4 Å². The predicted molar refractivity (Wildman–Crippen MR) is 145 cm³/mol. The predicted octanol–water partition coefficient (Wildman–Crippen LogP) is 5.60. The molecule has 8 nitrogen and oxygen atoms in total. The van der Waals surface area contributed by atoms with Crippen LogP contribution < -0.4 is 10.1 Å². The van der Waals surface area contributed by atoms with Gasteiger partial charge in [0.1, 0.15) is 17.2 Å². The number of aromatic nitrogens is 2. The number of rotatable bonds is 7. The number of benzene rings is 3. The van der Waals surface area contributed by atoms with Crippen molar-refractivity contribution in [3.63, 3.8) is 0 Å². The molecule has 0 radical (unpaired) electrons. The second-order valence-electron chi connectivity index (χ2n) is 9.47. The smallest absolute Gasteiger partial charge is 0.253 e. The van der Waals surface area contributed by atoms with Crippen molar-refractivity contribution in [2.24, 2.45) is 0 Å². The molecule has 1 atom stereocenters. The average Bonchev–Trinajstić information content (AvgIpc) is 3.42. The molecule has 0 aliphatic carbocycles.